The maximum Gasteiger partial charge on any atom is 0.128 e. The number of aliphatic hydroxyl groups is 1. The van der Waals surface area contributed by atoms with Crippen LogP contribution in [0.5, 0.6) is 0 Å². The lowest BCUT2D eigenvalue weighted by Gasteiger charge is -2.15. The van der Waals surface area contributed by atoms with Crippen molar-refractivity contribution in [3.8, 4) is 22.3 Å². The Morgan fingerprint density at radius 2 is 1.44 bits per heavy atom. The summed E-state index contributed by atoms with van der Waals surface area (Å²) in [5.74, 6) is -0.211. The van der Waals surface area contributed by atoms with E-state index in [4.69, 9.17) is 5.11 Å². The molecule has 2 N–H and O–H groups in total. The Bertz CT molecular complexity index is 803. The van der Waals surface area contributed by atoms with Gasteiger partial charge in [-0.1, -0.05) is 60.7 Å². The summed E-state index contributed by atoms with van der Waals surface area (Å²) in [7, 11) is 0. The van der Waals surface area contributed by atoms with Gasteiger partial charge in [0.25, 0.3) is 0 Å². The molecule has 0 bridgehead atoms. The van der Waals surface area contributed by atoms with Crippen LogP contribution in [0.4, 0.5) is 4.39 Å². The predicted octanol–water partition coefficient (Wildman–Crippen LogP) is 4.63. The lowest BCUT2D eigenvalue weighted by molar-refractivity contribution is 0.286. The Labute approximate surface area is 148 Å². The van der Waals surface area contributed by atoms with E-state index in [1.165, 1.54) is 0 Å². The molecule has 3 aromatic carbocycles. The van der Waals surface area contributed by atoms with E-state index in [0.717, 1.165) is 22.3 Å². The van der Waals surface area contributed by atoms with Crippen LogP contribution >= 0.6 is 0 Å². The maximum atomic E-state index is 14.9. The van der Waals surface area contributed by atoms with Gasteiger partial charge in [-0.15, -0.1) is 0 Å². The van der Waals surface area contributed by atoms with Gasteiger partial charge >= 0.3 is 0 Å². The van der Waals surface area contributed by atoms with Crippen molar-refractivity contribution < 1.29 is 9.50 Å². The smallest absolute Gasteiger partial charge is 0.128 e. The summed E-state index contributed by atoms with van der Waals surface area (Å²) < 4.78 is 14.9. The standard InChI is InChI=1S/C22H22FNO/c23-22-15-19(17-8-3-1-4-9-17)14-20(18-10-5-2-6-11-18)21(22)16-24-12-7-13-25/h1-6,8-11,14-15,24-25H,7,12-13,16H2. The molecule has 0 saturated carbocycles. The van der Waals surface area contributed by atoms with Crippen LogP contribution < -0.4 is 5.32 Å². The maximum absolute atomic E-state index is 14.9. The summed E-state index contributed by atoms with van der Waals surface area (Å²) in [6.45, 7) is 1.23. The highest BCUT2D eigenvalue weighted by Gasteiger charge is 2.13. The number of aliphatic hydroxyl groups excluding tert-OH is 1. The van der Waals surface area contributed by atoms with Gasteiger partial charge in [-0.25, -0.2) is 4.39 Å². The van der Waals surface area contributed by atoms with Crippen LogP contribution in [0.3, 0.4) is 0 Å². The van der Waals surface area contributed by atoms with E-state index >= 15 is 0 Å². The minimum absolute atomic E-state index is 0.133. The van der Waals surface area contributed by atoms with E-state index in [2.05, 4.69) is 11.4 Å². The zero-order valence-corrected chi connectivity index (χ0v) is 14.1. The second kappa shape index (κ2) is 8.56. The normalized spacial score (nSPS) is 10.8. The zero-order valence-electron chi connectivity index (χ0n) is 14.1. The largest absolute Gasteiger partial charge is 0.396 e. The molecule has 0 amide bonds. The summed E-state index contributed by atoms with van der Waals surface area (Å²) in [5.41, 5.74) is 4.42. The van der Waals surface area contributed by atoms with Crippen LogP contribution in [0.2, 0.25) is 0 Å². The molecule has 128 valence electrons. The van der Waals surface area contributed by atoms with Crippen LogP contribution in [0.15, 0.2) is 72.8 Å². The molecular formula is C22H22FNO. The number of rotatable bonds is 7. The molecule has 0 aliphatic rings. The fourth-order valence-corrected chi connectivity index (χ4v) is 2.91. The number of nitrogens with one attached hydrogen (secondary N) is 1. The van der Waals surface area contributed by atoms with E-state index in [-0.39, 0.29) is 12.4 Å². The Hall–Kier alpha value is -2.49. The van der Waals surface area contributed by atoms with Crippen LogP contribution in [-0.2, 0) is 6.54 Å². The Kier molecular flexibility index (Phi) is 5.94. The van der Waals surface area contributed by atoms with Gasteiger partial charge < -0.3 is 10.4 Å². The first-order chi connectivity index (χ1) is 12.3. The summed E-state index contributed by atoms with van der Waals surface area (Å²) in [6.07, 6.45) is 0.657. The van der Waals surface area contributed by atoms with Crippen molar-refractivity contribution in [1.82, 2.24) is 5.32 Å². The molecule has 0 aliphatic carbocycles. The molecule has 25 heavy (non-hydrogen) atoms. The fraction of sp³-hybridized carbons (Fsp3) is 0.182. The first-order valence-corrected chi connectivity index (χ1v) is 8.54. The molecule has 0 spiro atoms. The molecule has 3 rings (SSSR count). The topological polar surface area (TPSA) is 32.3 Å². The number of hydrogen-bond acceptors (Lipinski definition) is 2. The van der Waals surface area contributed by atoms with Crippen molar-refractivity contribution in [3.63, 3.8) is 0 Å². The van der Waals surface area contributed by atoms with Crippen molar-refractivity contribution in [3.05, 3.63) is 84.2 Å². The SMILES string of the molecule is OCCCNCc1c(F)cc(-c2ccccc2)cc1-c1ccccc1. The van der Waals surface area contributed by atoms with Gasteiger partial charge in [0, 0.05) is 18.7 Å². The molecule has 0 fully saturated rings. The van der Waals surface area contributed by atoms with E-state index in [9.17, 15) is 4.39 Å². The second-order valence-corrected chi connectivity index (χ2v) is 5.97. The minimum atomic E-state index is -0.211. The monoisotopic (exact) mass is 335 g/mol. The third-order valence-electron chi connectivity index (χ3n) is 4.20. The average molecular weight is 335 g/mol. The molecule has 3 heteroatoms. The molecule has 0 saturated heterocycles. The van der Waals surface area contributed by atoms with E-state index in [1.54, 1.807) is 6.07 Å². The Morgan fingerprint density at radius 1 is 0.800 bits per heavy atom. The zero-order chi connectivity index (χ0) is 17.5. The van der Waals surface area contributed by atoms with Crippen molar-refractivity contribution in [2.45, 2.75) is 13.0 Å². The molecule has 2 nitrogen and oxygen atoms in total. The van der Waals surface area contributed by atoms with Gasteiger partial charge in [0.15, 0.2) is 0 Å². The predicted molar refractivity (Wildman–Crippen MR) is 101 cm³/mol. The first-order valence-electron chi connectivity index (χ1n) is 8.54. The number of hydrogen-bond donors (Lipinski definition) is 2. The van der Waals surface area contributed by atoms with Gasteiger partial charge in [0.2, 0.25) is 0 Å². The molecule has 3 aromatic rings. The van der Waals surface area contributed by atoms with E-state index < -0.39 is 0 Å². The molecule has 0 atom stereocenters. The highest BCUT2D eigenvalue weighted by molar-refractivity contribution is 5.75. The molecule has 0 heterocycles. The van der Waals surface area contributed by atoms with E-state index in [1.807, 2.05) is 60.7 Å². The van der Waals surface area contributed by atoms with Crippen molar-refractivity contribution in [1.29, 1.82) is 0 Å². The lowest BCUT2D eigenvalue weighted by Crippen LogP contribution is -2.17. The van der Waals surface area contributed by atoms with Gasteiger partial charge in [-0.2, -0.15) is 0 Å². The lowest BCUT2D eigenvalue weighted by atomic mass is 9.94. The molecule has 0 aliphatic heterocycles. The summed E-state index contributed by atoms with van der Waals surface area (Å²) in [4.78, 5) is 0. The molecule has 0 unspecified atom stereocenters. The second-order valence-electron chi connectivity index (χ2n) is 5.97. The summed E-state index contributed by atoms with van der Waals surface area (Å²) in [5, 5.41) is 12.1. The van der Waals surface area contributed by atoms with Crippen LogP contribution in [0, 0.1) is 5.82 Å². The third-order valence-corrected chi connectivity index (χ3v) is 4.20. The van der Waals surface area contributed by atoms with Crippen molar-refractivity contribution in [2.24, 2.45) is 0 Å². The number of halogens is 1. The van der Waals surface area contributed by atoms with Gasteiger partial charge in [-0.05, 0) is 47.4 Å². The van der Waals surface area contributed by atoms with Crippen LogP contribution in [0.1, 0.15) is 12.0 Å². The highest BCUT2D eigenvalue weighted by atomic mass is 19.1. The van der Waals surface area contributed by atoms with Crippen LogP contribution in [0.25, 0.3) is 22.3 Å². The van der Waals surface area contributed by atoms with Crippen molar-refractivity contribution in [2.75, 3.05) is 13.2 Å². The molecular weight excluding hydrogens is 313 g/mol. The van der Waals surface area contributed by atoms with Gasteiger partial charge in [0.05, 0.1) is 0 Å². The summed E-state index contributed by atoms with van der Waals surface area (Å²) in [6, 6.07) is 23.4. The molecule has 0 radical (unpaired) electrons. The van der Waals surface area contributed by atoms with Gasteiger partial charge in [0.1, 0.15) is 5.82 Å². The van der Waals surface area contributed by atoms with E-state index in [0.29, 0.717) is 25.1 Å². The first kappa shape index (κ1) is 17.3. The van der Waals surface area contributed by atoms with Gasteiger partial charge in [-0.3, -0.25) is 0 Å². The van der Waals surface area contributed by atoms with Crippen molar-refractivity contribution >= 4 is 0 Å². The Morgan fingerprint density at radius 3 is 2.08 bits per heavy atom. The average Bonchev–Trinajstić information content (AvgIpc) is 2.67. The Balaban J connectivity index is 2.02. The quantitative estimate of drug-likeness (QED) is 0.617. The molecule has 0 aromatic heterocycles. The highest BCUT2D eigenvalue weighted by Crippen LogP contribution is 2.31. The fourth-order valence-electron chi connectivity index (χ4n) is 2.91. The summed E-state index contributed by atoms with van der Waals surface area (Å²) >= 11 is 0. The minimum Gasteiger partial charge on any atom is -0.396 e. The number of benzene rings is 3. The third kappa shape index (κ3) is 4.32. The van der Waals surface area contributed by atoms with Crippen LogP contribution in [-0.4, -0.2) is 18.3 Å².